The summed E-state index contributed by atoms with van der Waals surface area (Å²) in [5.74, 6) is -0.586. The van der Waals surface area contributed by atoms with Gasteiger partial charge >= 0.3 is 5.97 Å². The Bertz CT molecular complexity index is 793. The van der Waals surface area contributed by atoms with E-state index in [1.165, 1.54) is 22.3 Å². The van der Waals surface area contributed by atoms with Crippen molar-refractivity contribution in [3.63, 3.8) is 0 Å². The van der Waals surface area contributed by atoms with Gasteiger partial charge in [-0.1, -0.05) is 30.3 Å². The zero-order valence-electron chi connectivity index (χ0n) is 14.2. The molecule has 0 saturated heterocycles. The lowest BCUT2D eigenvalue weighted by Crippen LogP contribution is -2.14. The molecule has 0 radical (unpaired) electrons. The zero-order valence-corrected chi connectivity index (χ0v) is 15.0. The predicted octanol–water partition coefficient (Wildman–Crippen LogP) is 4.46. The molecule has 1 aliphatic carbocycles. The molecular weight excluding hydrogens is 334 g/mol. The van der Waals surface area contributed by atoms with Crippen LogP contribution < -0.4 is 5.32 Å². The molecule has 0 spiro atoms. The van der Waals surface area contributed by atoms with E-state index in [2.05, 4.69) is 5.32 Å². The van der Waals surface area contributed by atoms with Crippen molar-refractivity contribution in [2.45, 2.75) is 32.6 Å². The van der Waals surface area contributed by atoms with Gasteiger partial charge in [0, 0.05) is 11.0 Å². The lowest BCUT2D eigenvalue weighted by Gasteiger charge is -2.12. The summed E-state index contributed by atoms with van der Waals surface area (Å²) in [5.41, 5.74) is 2.55. The van der Waals surface area contributed by atoms with Gasteiger partial charge in [-0.05, 0) is 49.8 Å². The minimum atomic E-state index is -0.343. The average molecular weight is 355 g/mol. The first-order valence-electron chi connectivity index (χ1n) is 8.54. The number of hydrogen-bond acceptors (Lipinski definition) is 4. The van der Waals surface area contributed by atoms with Gasteiger partial charge in [0.05, 0.1) is 12.2 Å². The van der Waals surface area contributed by atoms with Gasteiger partial charge in [0.25, 0.3) is 0 Å². The molecule has 4 nitrogen and oxygen atoms in total. The number of hydrogen-bond donors (Lipinski definition) is 1. The number of nitrogens with one attached hydrogen (secondary N) is 1. The number of amides is 1. The van der Waals surface area contributed by atoms with Crippen molar-refractivity contribution in [3.8, 4) is 0 Å². The molecule has 0 aliphatic heterocycles. The Morgan fingerprint density at radius 2 is 1.96 bits per heavy atom. The number of ether oxygens (including phenoxy) is 1. The minimum absolute atomic E-state index is 0.243. The highest BCUT2D eigenvalue weighted by Crippen LogP contribution is 2.38. The van der Waals surface area contributed by atoms with Gasteiger partial charge in [0.1, 0.15) is 5.00 Å². The summed E-state index contributed by atoms with van der Waals surface area (Å²) >= 11 is 1.50. The Kier molecular flexibility index (Phi) is 5.66. The van der Waals surface area contributed by atoms with E-state index in [1.54, 1.807) is 13.0 Å². The van der Waals surface area contributed by atoms with Crippen LogP contribution in [0.15, 0.2) is 36.4 Å². The number of fused-ring (bicyclic) bond motifs is 1. The molecule has 1 aromatic carbocycles. The SMILES string of the molecule is CCOC(=O)c1c(NC(=O)C=Cc2ccccc2)sc2c1CCCC2. The van der Waals surface area contributed by atoms with E-state index in [-0.39, 0.29) is 11.9 Å². The van der Waals surface area contributed by atoms with Crippen LogP contribution in [0.25, 0.3) is 6.08 Å². The van der Waals surface area contributed by atoms with Crippen LogP contribution in [0.5, 0.6) is 0 Å². The Balaban J connectivity index is 1.81. The Morgan fingerprint density at radius 1 is 1.20 bits per heavy atom. The van der Waals surface area contributed by atoms with Crippen molar-refractivity contribution < 1.29 is 14.3 Å². The third-order valence-electron chi connectivity index (χ3n) is 4.11. The van der Waals surface area contributed by atoms with E-state index >= 15 is 0 Å². The second-order valence-electron chi connectivity index (χ2n) is 5.87. The number of benzene rings is 1. The number of carbonyl (C=O) groups excluding carboxylic acids is 2. The maximum absolute atomic E-state index is 12.4. The van der Waals surface area contributed by atoms with Crippen molar-refractivity contribution in [2.24, 2.45) is 0 Å². The molecule has 5 heteroatoms. The topological polar surface area (TPSA) is 55.4 Å². The molecule has 1 heterocycles. The highest BCUT2D eigenvalue weighted by atomic mass is 32.1. The lowest BCUT2D eigenvalue weighted by molar-refractivity contribution is -0.111. The highest BCUT2D eigenvalue weighted by Gasteiger charge is 2.26. The van der Waals surface area contributed by atoms with E-state index in [1.807, 2.05) is 30.3 Å². The summed E-state index contributed by atoms with van der Waals surface area (Å²) < 4.78 is 5.20. The van der Waals surface area contributed by atoms with Crippen LogP contribution in [0.1, 0.15) is 46.1 Å². The maximum atomic E-state index is 12.4. The van der Waals surface area contributed by atoms with E-state index in [4.69, 9.17) is 4.74 Å². The van der Waals surface area contributed by atoms with Crippen molar-refractivity contribution in [2.75, 3.05) is 11.9 Å². The molecule has 1 N–H and O–H groups in total. The normalized spacial score (nSPS) is 13.5. The quantitative estimate of drug-likeness (QED) is 0.636. The van der Waals surface area contributed by atoms with Crippen molar-refractivity contribution >= 4 is 34.3 Å². The number of anilines is 1. The van der Waals surface area contributed by atoms with Crippen LogP contribution in [-0.2, 0) is 22.4 Å². The second kappa shape index (κ2) is 8.12. The second-order valence-corrected chi connectivity index (χ2v) is 6.97. The van der Waals surface area contributed by atoms with Gasteiger partial charge in [0.15, 0.2) is 0 Å². The molecule has 0 fully saturated rings. The Morgan fingerprint density at radius 3 is 2.72 bits per heavy atom. The summed E-state index contributed by atoms with van der Waals surface area (Å²) in [6, 6.07) is 9.63. The molecule has 3 rings (SSSR count). The third kappa shape index (κ3) is 4.17. The minimum Gasteiger partial charge on any atom is -0.462 e. The fraction of sp³-hybridized carbons (Fsp3) is 0.300. The molecule has 0 bridgehead atoms. The van der Waals surface area contributed by atoms with Crippen LogP contribution in [0.3, 0.4) is 0 Å². The van der Waals surface area contributed by atoms with Gasteiger partial charge in [0.2, 0.25) is 5.91 Å². The smallest absolute Gasteiger partial charge is 0.341 e. The molecule has 0 unspecified atom stereocenters. The largest absolute Gasteiger partial charge is 0.462 e. The molecule has 0 saturated carbocycles. The van der Waals surface area contributed by atoms with Crippen LogP contribution in [0.4, 0.5) is 5.00 Å². The molecule has 1 aromatic heterocycles. The van der Waals surface area contributed by atoms with Crippen molar-refractivity contribution in [3.05, 3.63) is 58.0 Å². The summed E-state index contributed by atoms with van der Waals surface area (Å²) in [7, 11) is 0. The molecule has 1 amide bonds. The number of thiophene rings is 1. The standard InChI is InChI=1S/C20H21NO3S/c1-2-24-20(23)18-15-10-6-7-11-16(15)25-19(18)21-17(22)13-12-14-8-4-3-5-9-14/h3-5,8-9,12-13H,2,6-7,10-11H2,1H3,(H,21,22). The van der Waals surface area contributed by atoms with Crippen molar-refractivity contribution in [1.82, 2.24) is 0 Å². The average Bonchev–Trinajstić information content (AvgIpc) is 2.99. The molecule has 1 aliphatic rings. The monoisotopic (exact) mass is 355 g/mol. The van der Waals surface area contributed by atoms with Crippen LogP contribution in [0.2, 0.25) is 0 Å². The molecular formula is C20H21NO3S. The highest BCUT2D eigenvalue weighted by molar-refractivity contribution is 7.17. The molecule has 25 heavy (non-hydrogen) atoms. The maximum Gasteiger partial charge on any atom is 0.341 e. The van der Waals surface area contributed by atoms with Gasteiger partial charge in [-0.3, -0.25) is 4.79 Å². The fourth-order valence-electron chi connectivity index (χ4n) is 2.96. The lowest BCUT2D eigenvalue weighted by atomic mass is 9.95. The molecule has 130 valence electrons. The van der Waals surface area contributed by atoms with Crippen LogP contribution >= 0.6 is 11.3 Å². The van der Waals surface area contributed by atoms with Crippen LogP contribution in [-0.4, -0.2) is 18.5 Å². The Labute approximate surface area is 151 Å². The molecule has 2 aromatic rings. The fourth-order valence-corrected chi connectivity index (χ4v) is 4.24. The molecule has 0 atom stereocenters. The number of aryl methyl sites for hydroxylation is 1. The van der Waals surface area contributed by atoms with E-state index in [0.29, 0.717) is 17.2 Å². The number of esters is 1. The number of rotatable bonds is 5. The van der Waals surface area contributed by atoms with Gasteiger partial charge in [-0.2, -0.15) is 0 Å². The summed E-state index contributed by atoms with van der Waals surface area (Å²) in [6.45, 7) is 2.11. The van der Waals surface area contributed by atoms with E-state index in [0.717, 1.165) is 36.8 Å². The summed E-state index contributed by atoms with van der Waals surface area (Å²) in [6.07, 6.45) is 7.27. The van der Waals surface area contributed by atoms with Gasteiger partial charge in [-0.25, -0.2) is 4.79 Å². The van der Waals surface area contributed by atoms with Gasteiger partial charge in [-0.15, -0.1) is 11.3 Å². The van der Waals surface area contributed by atoms with E-state index < -0.39 is 0 Å². The summed E-state index contributed by atoms with van der Waals surface area (Å²) in [5, 5.41) is 3.47. The first kappa shape index (κ1) is 17.4. The van der Waals surface area contributed by atoms with Crippen LogP contribution in [0, 0.1) is 0 Å². The first-order chi connectivity index (χ1) is 12.2. The predicted molar refractivity (Wildman–Crippen MR) is 101 cm³/mol. The first-order valence-corrected chi connectivity index (χ1v) is 9.36. The third-order valence-corrected chi connectivity index (χ3v) is 5.32. The van der Waals surface area contributed by atoms with E-state index in [9.17, 15) is 9.59 Å². The number of carbonyl (C=O) groups is 2. The Hall–Kier alpha value is -2.40. The van der Waals surface area contributed by atoms with Gasteiger partial charge < -0.3 is 10.1 Å². The van der Waals surface area contributed by atoms with Crippen molar-refractivity contribution in [1.29, 1.82) is 0 Å². The summed E-state index contributed by atoms with van der Waals surface area (Å²) in [4.78, 5) is 25.9. The zero-order chi connectivity index (χ0) is 17.6.